The van der Waals surface area contributed by atoms with E-state index in [-0.39, 0.29) is 12.3 Å². The van der Waals surface area contributed by atoms with E-state index >= 15 is 0 Å². The zero-order valence-corrected chi connectivity index (χ0v) is 13.5. The summed E-state index contributed by atoms with van der Waals surface area (Å²) in [5.74, 6) is 2.36. The predicted molar refractivity (Wildman–Crippen MR) is 79.1 cm³/mol. The Labute approximate surface area is 123 Å². The lowest BCUT2D eigenvalue weighted by molar-refractivity contribution is -0.192. The van der Waals surface area contributed by atoms with Crippen LogP contribution in [0.25, 0.3) is 0 Å². The van der Waals surface area contributed by atoms with E-state index in [1.54, 1.807) is 0 Å². The smallest absolute Gasteiger partial charge is 0.313 e. The number of hydrogen-bond acceptors (Lipinski definition) is 3. The van der Waals surface area contributed by atoms with E-state index in [1.807, 2.05) is 27.7 Å². The van der Waals surface area contributed by atoms with Crippen molar-refractivity contribution in [2.45, 2.75) is 72.5 Å². The summed E-state index contributed by atoms with van der Waals surface area (Å²) in [6.07, 6.45) is 6.65. The first-order valence-corrected chi connectivity index (χ1v) is 8.29. The zero-order chi connectivity index (χ0) is 14.8. The topological polar surface area (TPSA) is 35.5 Å². The van der Waals surface area contributed by atoms with Crippen LogP contribution in [0.5, 0.6) is 0 Å². The van der Waals surface area contributed by atoms with Gasteiger partial charge in [0.05, 0.1) is 12.0 Å². The van der Waals surface area contributed by atoms with Gasteiger partial charge in [-0.2, -0.15) is 0 Å². The summed E-state index contributed by atoms with van der Waals surface area (Å²) >= 11 is 0. The van der Waals surface area contributed by atoms with E-state index in [1.165, 1.54) is 25.7 Å². The number of hydrogen-bond donors (Lipinski definition) is 0. The van der Waals surface area contributed by atoms with Gasteiger partial charge < -0.3 is 9.47 Å². The van der Waals surface area contributed by atoms with Crippen molar-refractivity contribution >= 4 is 5.97 Å². The molecule has 0 amide bonds. The molecular weight excluding hydrogens is 252 g/mol. The Balaban J connectivity index is 1.76. The summed E-state index contributed by atoms with van der Waals surface area (Å²) < 4.78 is 11.4. The highest BCUT2D eigenvalue weighted by atomic mass is 16.7. The number of ether oxygens (including phenoxy) is 2. The van der Waals surface area contributed by atoms with Crippen molar-refractivity contribution < 1.29 is 14.3 Å². The van der Waals surface area contributed by atoms with Crippen molar-refractivity contribution in [1.29, 1.82) is 0 Å². The number of carbonyl (C=O) groups is 1. The van der Waals surface area contributed by atoms with Gasteiger partial charge in [0.1, 0.15) is 0 Å². The van der Waals surface area contributed by atoms with Crippen LogP contribution in [0.1, 0.15) is 66.2 Å². The molecule has 2 bridgehead atoms. The minimum atomic E-state index is -0.413. The molecule has 0 radical (unpaired) electrons. The van der Waals surface area contributed by atoms with Crippen LogP contribution >= 0.6 is 0 Å². The average molecular weight is 282 g/mol. The molecule has 4 unspecified atom stereocenters. The first-order chi connectivity index (χ1) is 9.46. The molecule has 0 aromatic carbocycles. The minimum absolute atomic E-state index is 0.139. The summed E-state index contributed by atoms with van der Waals surface area (Å²) in [5.41, 5.74) is -0.413. The van der Waals surface area contributed by atoms with Crippen LogP contribution in [0.2, 0.25) is 0 Å². The highest BCUT2D eigenvalue weighted by molar-refractivity contribution is 5.75. The maximum Gasteiger partial charge on any atom is 0.313 e. The van der Waals surface area contributed by atoms with Gasteiger partial charge in [0, 0.05) is 6.42 Å². The van der Waals surface area contributed by atoms with Crippen LogP contribution in [-0.2, 0) is 14.3 Å². The summed E-state index contributed by atoms with van der Waals surface area (Å²) in [6.45, 7) is 8.64. The molecule has 0 spiro atoms. The molecule has 2 saturated carbocycles. The maximum absolute atomic E-state index is 12.1. The quantitative estimate of drug-likeness (QED) is 0.519. The molecule has 0 aliphatic heterocycles. The van der Waals surface area contributed by atoms with Crippen molar-refractivity contribution in [2.24, 2.45) is 23.2 Å². The van der Waals surface area contributed by atoms with Crippen LogP contribution in [0.15, 0.2) is 0 Å². The molecule has 20 heavy (non-hydrogen) atoms. The lowest BCUT2D eigenvalue weighted by Gasteiger charge is -2.27. The molecule has 0 aromatic heterocycles. The first kappa shape index (κ1) is 15.8. The molecule has 2 rings (SSSR count). The highest BCUT2D eigenvalue weighted by Crippen LogP contribution is 2.48. The average Bonchev–Trinajstić information content (AvgIpc) is 3.05. The van der Waals surface area contributed by atoms with Crippen molar-refractivity contribution in [3.05, 3.63) is 0 Å². The van der Waals surface area contributed by atoms with Gasteiger partial charge in [-0.05, 0) is 57.3 Å². The molecule has 2 fully saturated rings. The summed E-state index contributed by atoms with van der Waals surface area (Å²) in [6, 6.07) is 0. The van der Waals surface area contributed by atoms with Gasteiger partial charge in [0.2, 0.25) is 6.29 Å². The largest absolute Gasteiger partial charge is 0.435 e. The molecule has 0 N–H and O–H groups in total. The van der Waals surface area contributed by atoms with Crippen molar-refractivity contribution in [3.8, 4) is 0 Å². The second kappa shape index (κ2) is 6.46. The maximum atomic E-state index is 12.1. The van der Waals surface area contributed by atoms with Gasteiger partial charge >= 0.3 is 5.97 Å². The van der Waals surface area contributed by atoms with Crippen LogP contribution in [0.4, 0.5) is 0 Å². The normalized spacial score (nSPS) is 30.5. The van der Waals surface area contributed by atoms with Crippen molar-refractivity contribution in [1.82, 2.24) is 0 Å². The van der Waals surface area contributed by atoms with E-state index in [0.29, 0.717) is 5.92 Å². The zero-order valence-electron chi connectivity index (χ0n) is 13.5. The third-order valence-electron chi connectivity index (χ3n) is 5.39. The molecule has 4 atom stereocenters. The molecule has 0 saturated heterocycles. The third kappa shape index (κ3) is 3.55. The molecule has 2 aliphatic carbocycles. The number of carbonyl (C=O) groups excluding carboxylic acids is 1. The minimum Gasteiger partial charge on any atom is -0.435 e. The predicted octanol–water partition coefficient (Wildman–Crippen LogP) is 4.15. The van der Waals surface area contributed by atoms with Gasteiger partial charge in [-0.15, -0.1) is 0 Å². The Bertz CT molecular complexity index is 337. The lowest BCUT2D eigenvalue weighted by Crippen LogP contribution is -2.32. The summed E-state index contributed by atoms with van der Waals surface area (Å²) in [7, 11) is 0. The monoisotopic (exact) mass is 282 g/mol. The Morgan fingerprint density at radius 1 is 1.25 bits per heavy atom. The molecule has 3 heteroatoms. The Kier molecular flexibility index (Phi) is 5.11. The fraction of sp³-hybridized carbons (Fsp3) is 0.941. The lowest BCUT2D eigenvalue weighted by atomic mass is 9.89. The van der Waals surface area contributed by atoms with E-state index in [2.05, 4.69) is 0 Å². The van der Waals surface area contributed by atoms with Gasteiger partial charge in [-0.25, -0.2) is 0 Å². The molecule has 116 valence electrons. The van der Waals surface area contributed by atoms with Gasteiger partial charge in [0.25, 0.3) is 0 Å². The molecule has 2 aliphatic rings. The van der Waals surface area contributed by atoms with E-state index < -0.39 is 5.41 Å². The molecule has 0 heterocycles. The summed E-state index contributed by atoms with van der Waals surface area (Å²) in [5, 5.41) is 0. The molecule has 3 nitrogen and oxygen atoms in total. The molecular formula is C17H30O3. The summed E-state index contributed by atoms with van der Waals surface area (Å²) in [4.78, 5) is 12.1. The second-order valence-electron chi connectivity index (χ2n) is 7.25. The molecule has 0 aromatic rings. The number of esters is 1. The first-order valence-electron chi connectivity index (χ1n) is 8.29. The van der Waals surface area contributed by atoms with Crippen LogP contribution in [0.3, 0.4) is 0 Å². The Morgan fingerprint density at radius 2 is 2.00 bits per heavy atom. The number of rotatable bonds is 7. The van der Waals surface area contributed by atoms with Crippen LogP contribution < -0.4 is 0 Å². The van der Waals surface area contributed by atoms with E-state index in [0.717, 1.165) is 31.3 Å². The second-order valence-corrected chi connectivity index (χ2v) is 7.25. The van der Waals surface area contributed by atoms with Crippen LogP contribution in [0, 0.1) is 23.2 Å². The van der Waals surface area contributed by atoms with Crippen LogP contribution in [-0.4, -0.2) is 18.9 Å². The third-order valence-corrected chi connectivity index (χ3v) is 5.39. The van der Waals surface area contributed by atoms with Gasteiger partial charge in [0.15, 0.2) is 0 Å². The SMILES string of the molecule is CCC(OCC1CC2CCC1C2)OC(=O)C(C)(C)CC. The number of fused-ring (bicyclic) bond motifs is 2. The van der Waals surface area contributed by atoms with Gasteiger partial charge in [-0.1, -0.05) is 20.3 Å². The standard InChI is InChI=1S/C17H30O3/c1-5-15(20-16(18)17(3,4)6-2)19-11-14-10-12-7-8-13(14)9-12/h12-15H,5-11H2,1-4H3. The Hall–Kier alpha value is -0.570. The van der Waals surface area contributed by atoms with Crippen molar-refractivity contribution in [3.63, 3.8) is 0 Å². The Morgan fingerprint density at radius 3 is 2.50 bits per heavy atom. The van der Waals surface area contributed by atoms with Gasteiger partial charge in [-0.3, -0.25) is 4.79 Å². The van der Waals surface area contributed by atoms with Crippen molar-refractivity contribution in [2.75, 3.05) is 6.61 Å². The highest BCUT2D eigenvalue weighted by Gasteiger charge is 2.40. The van der Waals surface area contributed by atoms with E-state index in [4.69, 9.17) is 9.47 Å². The van der Waals surface area contributed by atoms with E-state index in [9.17, 15) is 4.79 Å². The fourth-order valence-corrected chi connectivity index (χ4v) is 3.47. The fourth-order valence-electron chi connectivity index (χ4n) is 3.47.